The molecule has 30 heavy (non-hydrogen) atoms. The maximum atomic E-state index is 10.3. The van der Waals surface area contributed by atoms with Crippen molar-refractivity contribution >= 4 is 10.8 Å². The van der Waals surface area contributed by atoms with E-state index in [2.05, 4.69) is 48.5 Å². The number of hydrogen-bond donors (Lipinski definition) is 2. The number of phenols is 2. The topological polar surface area (TPSA) is 40.5 Å². The van der Waals surface area contributed by atoms with Crippen LogP contribution in [0.25, 0.3) is 33.0 Å². The maximum absolute atomic E-state index is 10.3. The van der Waals surface area contributed by atoms with Gasteiger partial charge in [-0.25, -0.2) is 0 Å². The van der Waals surface area contributed by atoms with Crippen LogP contribution in [0.3, 0.4) is 0 Å². The van der Waals surface area contributed by atoms with Crippen molar-refractivity contribution in [1.29, 1.82) is 0 Å². The number of benzene rings is 4. The Kier molecular flexibility index (Phi) is 4.14. The standard InChI is InChI=1S/C28H26O2/c1-15-11-21(12-16(2)27(15)29)23-9-7-19-5-6-20-8-10-24(26(23)25(19)20)22-13-17(3)28(30)18(4)14-22/h7-14,29-30H,5-6H2,1-4H3. The van der Waals surface area contributed by atoms with Crippen molar-refractivity contribution < 1.29 is 10.2 Å². The van der Waals surface area contributed by atoms with Crippen LogP contribution in [-0.4, -0.2) is 10.2 Å². The second-order valence-corrected chi connectivity index (χ2v) is 8.71. The van der Waals surface area contributed by atoms with Gasteiger partial charge in [0, 0.05) is 0 Å². The molecule has 1 aliphatic rings. The fourth-order valence-corrected chi connectivity index (χ4v) is 5.03. The van der Waals surface area contributed by atoms with Gasteiger partial charge in [0.1, 0.15) is 11.5 Å². The van der Waals surface area contributed by atoms with Crippen LogP contribution in [0.4, 0.5) is 0 Å². The summed E-state index contributed by atoms with van der Waals surface area (Å²) in [6.45, 7) is 7.83. The normalized spacial score (nSPS) is 12.7. The number of rotatable bonds is 2. The fraction of sp³-hybridized carbons (Fsp3) is 0.214. The third-order valence-corrected chi connectivity index (χ3v) is 6.60. The molecule has 0 saturated carbocycles. The van der Waals surface area contributed by atoms with Crippen molar-refractivity contribution in [1.82, 2.24) is 0 Å². The molecule has 0 bridgehead atoms. The van der Waals surface area contributed by atoms with Gasteiger partial charge in [-0.05, 0) is 131 Å². The largest absolute Gasteiger partial charge is 0.507 e. The molecule has 5 rings (SSSR count). The molecule has 0 spiro atoms. The molecule has 4 aromatic carbocycles. The second kappa shape index (κ2) is 6.63. The molecule has 0 unspecified atom stereocenters. The highest BCUT2D eigenvalue weighted by atomic mass is 16.3. The average Bonchev–Trinajstić information content (AvgIpc) is 3.14. The molecule has 0 heterocycles. The van der Waals surface area contributed by atoms with Crippen molar-refractivity contribution in [3.05, 3.63) is 81.9 Å². The maximum Gasteiger partial charge on any atom is 0.121 e. The van der Waals surface area contributed by atoms with Gasteiger partial charge in [-0.3, -0.25) is 0 Å². The van der Waals surface area contributed by atoms with E-state index < -0.39 is 0 Å². The minimum absolute atomic E-state index is 0.370. The van der Waals surface area contributed by atoms with Gasteiger partial charge < -0.3 is 10.2 Å². The second-order valence-electron chi connectivity index (χ2n) is 8.71. The number of aromatic hydroxyl groups is 2. The predicted molar refractivity (Wildman–Crippen MR) is 125 cm³/mol. The quantitative estimate of drug-likeness (QED) is 0.387. The monoisotopic (exact) mass is 394 g/mol. The molecule has 0 radical (unpaired) electrons. The Balaban J connectivity index is 1.89. The molecule has 0 amide bonds. The third kappa shape index (κ3) is 2.71. The Morgan fingerprint density at radius 3 is 1.27 bits per heavy atom. The smallest absolute Gasteiger partial charge is 0.121 e. The van der Waals surface area contributed by atoms with Crippen LogP contribution < -0.4 is 0 Å². The van der Waals surface area contributed by atoms with Crippen LogP contribution in [0.1, 0.15) is 33.4 Å². The van der Waals surface area contributed by atoms with E-state index in [4.69, 9.17) is 0 Å². The summed E-state index contributed by atoms with van der Waals surface area (Å²) in [7, 11) is 0. The van der Waals surface area contributed by atoms with Crippen LogP contribution in [0.15, 0.2) is 48.5 Å². The summed E-state index contributed by atoms with van der Waals surface area (Å²) in [6.07, 6.45) is 2.16. The predicted octanol–water partition coefficient (Wildman–Crippen LogP) is 6.92. The zero-order chi connectivity index (χ0) is 21.2. The summed E-state index contributed by atoms with van der Waals surface area (Å²) in [6, 6.07) is 17.3. The first-order valence-electron chi connectivity index (χ1n) is 10.5. The summed E-state index contributed by atoms with van der Waals surface area (Å²) in [4.78, 5) is 0. The molecule has 150 valence electrons. The first kappa shape index (κ1) is 18.7. The lowest BCUT2D eigenvalue weighted by molar-refractivity contribution is 0.466. The van der Waals surface area contributed by atoms with E-state index in [0.29, 0.717) is 11.5 Å². The zero-order valence-electron chi connectivity index (χ0n) is 17.9. The average molecular weight is 395 g/mol. The molecule has 2 heteroatoms. The van der Waals surface area contributed by atoms with Crippen molar-refractivity contribution in [2.45, 2.75) is 40.5 Å². The van der Waals surface area contributed by atoms with E-state index in [1.54, 1.807) is 0 Å². The lowest BCUT2D eigenvalue weighted by Gasteiger charge is -2.17. The van der Waals surface area contributed by atoms with E-state index in [1.165, 1.54) is 33.0 Å². The van der Waals surface area contributed by atoms with E-state index >= 15 is 0 Å². The third-order valence-electron chi connectivity index (χ3n) is 6.60. The molecule has 0 aliphatic heterocycles. The molecule has 2 N–H and O–H groups in total. The molecule has 2 nitrogen and oxygen atoms in total. The fourth-order valence-electron chi connectivity index (χ4n) is 5.03. The highest BCUT2D eigenvalue weighted by Gasteiger charge is 2.21. The molecular weight excluding hydrogens is 368 g/mol. The van der Waals surface area contributed by atoms with Gasteiger partial charge in [-0.15, -0.1) is 0 Å². The summed E-state index contributed by atoms with van der Waals surface area (Å²) >= 11 is 0. The van der Waals surface area contributed by atoms with Crippen molar-refractivity contribution in [2.75, 3.05) is 0 Å². The minimum Gasteiger partial charge on any atom is -0.507 e. The van der Waals surface area contributed by atoms with Gasteiger partial charge >= 0.3 is 0 Å². The van der Waals surface area contributed by atoms with Crippen LogP contribution in [-0.2, 0) is 12.8 Å². The zero-order valence-corrected chi connectivity index (χ0v) is 17.9. The Morgan fingerprint density at radius 1 is 0.533 bits per heavy atom. The first-order valence-corrected chi connectivity index (χ1v) is 10.5. The summed E-state index contributed by atoms with van der Waals surface area (Å²) in [5.74, 6) is 0.740. The van der Waals surface area contributed by atoms with E-state index in [1.807, 2.05) is 27.7 Å². The SMILES string of the molecule is Cc1cc(-c2ccc3c4c(ccc(-c5cc(C)c(O)c(C)c5)c24)CC3)cc(C)c1O. The molecule has 4 aromatic rings. The first-order chi connectivity index (χ1) is 14.3. The van der Waals surface area contributed by atoms with Crippen LogP contribution in [0.2, 0.25) is 0 Å². The molecule has 0 saturated heterocycles. The van der Waals surface area contributed by atoms with Gasteiger partial charge in [-0.2, -0.15) is 0 Å². The van der Waals surface area contributed by atoms with Crippen molar-refractivity contribution in [3.63, 3.8) is 0 Å². The van der Waals surface area contributed by atoms with Crippen molar-refractivity contribution in [2.24, 2.45) is 0 Å². The van der Waals surface area contributed by atoms with Gasteiger partial charge in [0.05, 0.1) is 0 Å². The number of phenolic OH excluding ortho intramolecular Hbond substituents is 2. The Labute approximate surface area is 177 Å². The highest BCUT2D eigenvalue weighted by Crippen LogP contribution is 2.44. The van der Waals surface area contributed by atoms with Gasteiger partial charge in [0.15, 0.2) is 0 Å². The minimum atomic E-state index is 0.370. The lowest BCUT2D eigenvalue weighted by atomic mass is 9.87. The van der Waals surface area contributed by atoms with Gasteiger partial charge in [-0.1, -0.05) is 24.3 Å². The highest BCUT2D eigenvalue weighted by molar-refractivity contribution is 6.10. The van der Waals surface area contributed by atoms with E-state index in [9.17, 15) is 10.2 Å². The van der Waals surface area contributed by atoms with Crippen LogP contribution in [0, 0.1) is 27.7 Å². The summed E-state index contributed by atoms with van der Waals surface area (Å²) in [5.41, 5.74) is 11.0. The molecule has 1 aliphatic carbocycles. The van der Waals surface area contributed by atoms with Crippen LogP contribution in [0.5, 0.6) is 11.5 Å². The summed E-state index contributed by atoms with van der Waals surface area (Å²) in [5, 5.41) is 23.2. The Bertz CT molecular complexity index is 1200. The van der Waals surface area contributed by atoms with Crippen molar-refractivity contribution in [3.8, 4) is 33.8 Å². The molecule has 0 atom stereocenters. The van der Waals surface area contributed by atoms with E-state index in [0.717, 1.165) is 46.2 Å². The molecule has 0 fully saturated rings. The summed E-state index contributed by atoms with van der Waals surface area (Å²) < 4.78 is 0. The van der Waals surface area contributed by atoms with Crippen LogP contribution >= 0.6 is 0 Å². The number of hydrogen-bond acceptors (Lipinski definition) is 2. The Hall–Kier alpha value is -3.26. The number of aryl methyl sites for hydroxylation is 6. The lowest BCUT2D eigenvalue weighted by Crippen LogP contribution is -1.92. The molecular formula is C28H26O2. The Morgan fingerprint density at radius 2 is 0.900 bits per heavy atom. The van der Waals surface area contributed by atoms with Gasteiger partial charge in [0.25, 0.3) is 0 Å². The van der Waals surface area contributed by atoms with Gasteiger partial charge in [0.2, 0.25) is 0 Å². The van der Waals surface area contributed by atoms with E-state index in [-0.39, 0.29) is 0 Å². The molecule has 0 aromatic heterocycles.